The van der Waals surface area contributed by atoms with Crippen LogP contribution < -0.4 is 5.32 Å². The lowest BCUT2D eigenvalue weighted by Gasteiger charge is -2.33. The van der Waals surface area contributed by atoms with E-state index in [9.17, 15) is 4.79 Å². The number of carbonyl (C=O) groups excluding carboxylic acids is 1. The van der Waals surface area contributed by atoms with Gasteiger partial charge in [-0.05, 0) is 12.8 Å². The molecule has 1 rings (SSSR count). The number of unbranched alkanes of at least 4 members (excludes halogenated alkanes) is 8. The van der Waals surface area contributed by atoms with Crippen molar-refractivity contribution in [3.8, 4) is 0 Å². The second-order valence-electron chi connectivity index (χ2n) is 5.46. The predicted molar refractivity (Wildman–Crippen MR) is 73.2 cm³/mol. The van der Waals surface area contributed by atoms with E-state index < -0.39 is 0 Å². The summed E-state index contributed by atoms with van der Waals surface area (Å²) in [6.45, 7) is 2.27. The Morgan fingerprint density at radius 3 is 2.06 bits per heavy atom. The molecule has 0 aliphatic carbocycles. The van der Waals surface area contributed by atoms with Gasteiger partial charge in [0.2, 0.25) is 0 Å². The quantitative estimate of drug-likeness (QED) is 0.438. The number of nitrogens with one attached hydrogen (secondary N) is 1. The molecule has 0 aromatic rings. The molecule has 1 saturated heterocycles. The van der Waals surface area contributed by atoms with Crippen LogP contribution in [0.25, 0.3) is 0 Å². The fourth-order valence-electron chi connectivity index (χ4n) is 2.58. The van der Waals surface area contributed by atoms with Crippen molar-refractivity contribution in [2.45, 2.75) is 89.6 Å². The summed E-state index contributed by atoms with van der Waals surface area (Å²) in [6, 6.07) is 0.799. The minimum atomic E-state index is 0.165. The largest absolute Gasteiger partial charge is 0.305 e. The fraction of sp³-hybridized carbons (Fsp3) is 0.933. The number of rotatable bonds is 11. The normalized spacial score (nSPS) is 23.4. The number of aldehydes is 1. The van der Waals surface area contributed by atoms with E-state index in [0.29, 0.717) is 6.04 Å². The molecule has 1 unspecified atom stereocenters. The maximum atomic E-state index is 10.4. The van der Waals surface area contributed by atoms with Gasteiger partial charge in [-0.1, -0.05) is 64.7 Å². The van der Waals surface area contributed by atoms with Crippen LogP contribution in [-0.2, 0) is 4.79 Å². The van der Waals surface area contributed by atoms with Gasteiger partial charge >= 0.3 is 0 Å². The van der Waals surface area contributed by atoms with Crippen LogP contribution in [0.5, 0.6) is 0 Å². The molecule has 17 heavy (non-hydrogen) atoms. The molecule has 0 aromatic carbocycles. The van der Waals surface area contributed by atoms with Crippen LogP contribution in [0.2, 0.25) is 0 Å². The number of hydrogen-bond acceptors (Lipinski definition) is 2. The molecular formula is C15H29NO. The molecule has 0 saturated carbocycles. The van der Waals surface area contributed by atoms with Crippen molar-refractivity contribution >= 4 is 6.29 Å². The SMILES string of the molecule is CCCCCCCCCCC[C@H]1CC(C=O)N1. The molecule has 0 aromatic heterocycles. The molecule has 2 heteroatoms. The molecule has 100 valence electrons. The topological polar surface area (TPSA) is 29.1 Å². The summed E-state index contributed by atoms with van der Waals surface area (Å²) in [5.41, 5.74) is 0. The van der Waals surface area contributed by atoms with Crippen molar-refractivity contribution in [3.05, 3.63) is 0 Å². The van der Waals surface area contributed by atoms with Gasteiger partial charge in [-0.15, -0.1) is 0 Å². The van der Waals surface area contributed by atoms with Crippen LogP contribution in [0, 0.1) is 0 Å². The van der Waals surface area contributed by atoms with Gasteiger partial charge in [0.15, 0.2) is 0 Å². The van der Waals surface area contributed by atoms with Crippen LogP contribution in [0.1, 0.15) is 77.6 Å². The van der Waals surface area contributed by atoms with Gasteiger partial charge in [0.1, 0.15) is 6.29 Å². The highest BCUT2D eigenvalue weighted by Crippen LogP contribution is 2.17. The van der Waals surface area contributed by atoms with Crippen LogP contribution in [0.3, 0.4) is 0 Å². The van der Waals surface area contributed by atoms with Crippen molar-refractivity contribution in [1.82, 2.24) is 5.32 Å². The van der Waals surface area contributed by atoms with E-state index in [1.807, 2.05) is 0 Å². The van der Waals surface area contributed by atoms with Gasteiger partial charge in [0.25, 0.3) is 0 Å². The number of carbonyl (C=O) groups is 1. The minimum Gasteiger partial charge on any atom is -0.305 e. The van der Waals surface area contributed by atoms with E-state index >= 15 is 0 Å². The Morgan fingerprint density at radius 2 is 1.53 bits per heavy atom. The van der Waals surface area contributed by atoms with Crippen molar-refractivity contribution in [2.24, 2.45) is 0 Å². The molecule has 0 amide bonds. The third-order valence-electron chi connectivity index (χ3n) is 3.81. The summed E-state index contributed by atoms with van der Waals surface area (Å²) in [6.07, 6.45) is 15.9. The van der Waals surface area contributed by atoms with Gasteiger partial charge in [-0.3, -0.25) is 0 Å². The second kappa shape index (κ2) is 9.64. The summed E-state index contributed by atoms with van der Waals surface area (Å²) in [5.74, 6) is 0. The van der Waals surface area contributed by atoms with Gasteiger partial charge < -0.3 is 10.1 Å². The molecule has 1 heterocycles. The Hall–Kier alpha value is -0.370. The smallest absolute Gasteiger partial charge is 0.136 e. The van der Waals surface area contributed by atoms with Gasteiger partial charge in [-0.25, -0.2) is 0 Å². The molecule has 1 fully saturated rings. The lowest BCUT2D eigenvalue weighted by atomic mass is 9.93. The van der Waals surface area contributed by atoms with Crippen LogP contribution in [-0.4, -0.2) is 18.4 Å². The van der Waals surface area contributed by atoms with E-state index in [0.717, 1.165) is 12.7 Å². The zero-order valence-electron chi connectivity index (χ0n) is 11.4. The molecule has 1 N–H and O–H groups in total. The Balaban J connectivity index is 1.72. The van der Waals surface area contributed by atoms with Crippen LogP contribution in [0.15, 0.2) is 0 Å². The third-order valence-corrected chi connectivity index (χ3v) is 3.81. The van der Waals surface area contributed by atoms with E-state index in [1.54, 1.807) is 0 Å². The Morgan fingerprint density at radius 1 is 1.00 bits per heavy atom. The first kappa shape index (κ1) is 14.7. The zero-order valence-corrected chi connectivity index (χ0v) is 11.4. The molecule has 0 spiro atoms. The molecule has 0 radical (unpaired) electrons. The maximum absolute atomic E-state index is 10.4. The van der Waals surface area contributed by atoms with E-state index in [1.165, 1.54) is 64.2 Å². The van der Waals surface area contributed by atoms with Crippen molar-refractivity contribution < 1.29 is 4.79 Å². The third kappa shape index (κ3) is 6.82. The summed E-state index contributed by atoms with van der Waals surface area (Å²) in [4.78, 5) is 10.4. The first-order chi connectivity index (χ1) is 8.36. The van der Waals surface area contributed by atoms with Gasteiger partial charge in [0.05, 0.1) is 6.04 Å². The average molecular weight is 239 g/mol. The van der Waals surface area contributed by atoms with E-state index in [-0.39, 0.29) is 6.04 Å². The van der Waals surface area contributed by atoms with E-state index in [2.05, 4.69) is 12.2 Å². The summed E-state index contributed by atoms with van der Waals surface area (Å²) in [5, 5.41) is 3.29. The highest BCUT2D eigenvalue weighted by atomic mass is 16.1. The summed E-state index contributed by atoms with van der Waals surface area (Å²) < 4.78 is 0. The first-order valence-corrected chi connectivity index (χ1v) is 7.58. The lowest BCUT2D eigenvalue weighted by molar-refractivity contribution is -0.111. The highest BCUT2D eigenvalue weighted by molar-refractivity contribution is 5.59. The highest BCUT2D eigenvalue weighted by Gasteiger charge is 2.26. The van der Waals surface area contributed by atoms with Gasteiger partial charge in [-0.2, -0.15) is 0 Å². The maximum Gasteiger partial charge on any atom is 0.136 e. The fourth-order valence-corrected chi connectivity index (χ4v) is 2.58. The zero-order chi connectivity index (χ0) is 12.3. The van der Waals surface area contributed by atoms with E-state index in [4.69, 9.17) is 0 Å². The summed E-state index contributed by atoms with van der Waals surface area (Å²) >= 11 is 0. The Bertz CT molecular complexity index is 187. The molecule has 2 nitrogen and oxygen atoms in total. The Labute approximate surface area is 107 Å². The second-order valence-corrected chi connectivity index (χ2v) is 5.46. The molecule has 1 aliphatic rings. The molecule has 0 bridgehead atoms. The first-order valence-electron chi connectivity index (χ1n) is 7.58. The lowest BCUT2D eigenvalue weighted by Crippen LogP contribution is -2.52. The number of hydrogen-bond donors (Lipinski definition) is 1. The molecule has 1 aliphatic heterocycles. The Kier molecular flexibility index (Phi) is 8.33. The standard InChI is InChI=1S/C15H29NO/c1-2-3-4-5-6-7-8-9-10-11-14-12-15(13-17)16-14/h13-16H,2-12H2,1H3/t14-,15?/m0/s1. The molecular weight excluding hydrogens is 210 g/mol. The predicted octanol–water partition coefficient (Wildman–Crippen LogP) is 3.84. The van der Waals surface area contributed by atoms with Crippen molar-refractivity contribution in [3.63, 3.8) is 0 Å². The van der Waals surface area contributed by atoms with Crippen LogP contribution >= 0.6 is 0 Å². The van der Waals surface area contributed by atoms with Crippen LogP contribution in [0.4, 0.5) is 0 Å². The minimum absolute atomic E-state index is 0.165. The summed E-state index contributed by atoms with van der Waals surface area (Å²) in [7, 11) is 0. The van der Waals surface area contributed by atoms with Crippen molar-refractivity contribution in [2.75, 3.05) is 0 Å². The van der Waals surface area contributed by atoms with Crippen molar-refractivity contribution in [1.29, 1.82) is 0 Å². The van der Waals surface area contributed by atoms with Gasteiger partial charge in [0, 0.05) is 6.04 Å². The average Bonchev–Trinajstić information content (AvgIpc) is 2.29. The monoisotopic (exact) mass is 239 g/mol. The molecule has 2 atom stereocenters.